The first-order chi connectivity index (χ1) is 7.49. The first kappa shape index (κ1) is 15.5. The fraction of sp³-hybridized carbons (Fsp3) is 0.900. The standard InChI is InChI=1S/C10H21NO4Si/c1-6-13-16(14-7-2,15-8-3)10(4,5)11-9-12/h6-8H2,1-5H3. The van der Waals surface area contributed by atoms with Crippen LogP contribution in [-0.2, 0) is 18.1 Å². The van der Waals surface area contributed by atoms with Crippen LogP contribution >= 0.6 is 0 Å². The monoisotopic (exact) mass is 247 g/mol. The van der Waals surface area contributed by atoms with Gasteiger partial charge in [-0.3, -0.25) is 0 Å². The van der Waals surface area contributed by atoms with Crippen LogP contribution in [0.1, 0.15) is 34.6 Å². The molecule has 0 aromatic carbocycles. The molecule has 0 N–H and O–H groups in total. The quantitative estimate of drug-likeness (QED) is 0.372. The summed E-state index contributed by atoms with van der Waals surface area (Å²) in [6, 6.07) is 0. The van der Waals surface area contributed by atoms with Gasteiger partial charge in [-0.2, -0.15) is 4.99 Å². The van der Waals surface area contributed by atoms with Crippen molar-refractivity contribution in [2.45, 2.75) is 39.8 Å². The molecule has 0 saturated heterocycles. The van der Waals surface area contributed by atoms with Crippen molar-refractivity contribution >= 4 is 14.9 Å². The molecule has 0 radical (unpaired) electrons. The smallest absolute Gasteiger partial charge is 0.372 e. The Morgan fingerprint density at radius 3 is 1.69 bits per heavy atom. The first-order valence-electron chi connectivity index (χ1n) is 5.50. The van der Waals surface area contributed by atoms with Crippen molar-refractivity contribution in [3.63, 3.8) is 0 Å². The van der Waals surface area contributed by atoms with E-state index in [4.69, 9.17) is 13.3 Å². The van der Waals surface area contributed by atoms with E-state index >= 15 is 0 Å². The lowest BCUT2D eigenvalue weighted by atomic mass is 10.4. The zero-order chi connectivity index (χ0) is 12.7. The third-order valence-electron chi connectivity index (χ3n) is 2.08. The number of carbonyl (C=O) groups excluding carboxylic acids is 1. The summed E-state index contributed by atoms with van der Waals surface area (Å²) < 4.78 is 16.9. The highest BCUT2D eigenvalue weighted by Crippen LogP contribution is 2.27. The molecular formula is C10H21NO4Si. The molecule has 0 rings (SSSR count). The summed E-state index contributed by atoms with van der Waals surface area (Å²) >= 11 is 0. The molecule has 5 nitrogen and oxygen atoms in total. The molecule has 0 atom stereocenters. The molecular weight excluding hydrogens is 226 g/mol. The van der Waals surface area contributed by atoms with Gasteiger partial charge in [0.1, 0.15) is 5.16 Å². The summed E-state index contributed by atoms with van der Waals surface area (Å²) in [6.07, 6.45) is 1.56. The number of hydrogen-bond acceptors (Lipinski definition) is 5. The highest BCUT2D eigenvalue weighted by atomic mass is 28.4. The molecule has 0 heterocycles. The van der Waals surface area contributed by atoms with Gasteiger partial charge in [0.05, 0.1) is 0 Å². The lowest BCUT2D eigenvalue weighted by Gasteiger charge is -2.37. The minimum Gasteiger partial charge on any atom is -0.372 e. The van der Waals surface area contributed by atoms with E-state index in [2.05, 4.69) is 4.99 Å². The van der Waals surface area contributed by atoms with Gasteiger partial charge in [-0.15, -0.1) is 0 Å². The molecule has 94 valence electrons. The molecule has 0 spiro atoms. The Morgan fingerprint density at radius 1 is 1.06 bits per heavy atom. The van der Waals surface area contributed by atoms with Crippen LogP contribution < -0.4 is 0 Å². The molecule has 6 heteroatoms. The maximum atomic E-state index is 10.4. The third-order valence-corrected chi connectivity index (χ3v) is 5.69. The molecule has 0 aliphatic rings. The van der Waals surface area contributed by atoms with Crippen molar-refractivity contribution in [1.82, 2.24) is 0 Å². The Balaban J connectivity index is 5.19. The van der Waals surface area contributed by atoms with Gasteiger partial charge in [0, 0.05) is 19.8 Å². The van der Waals surface area contributed by atoms with Crippen LogP contribution in [0.4, 0.5) is 0 Å². The Bertz CT molecular complexity index is 234. The van der Waals surface area contributed by atoms with Gasteiger partial charge in [-0.1, -0.05) is 0 Å². The summed E-state index contributed by atoms with van der Waals surface area (Å²) in [7, 11) is -2.97. The van der Waals surface area contributed by atoms with Crippen LogP contribution in [-0.4, -0.2) is 39.9 Å². The van der Waals surface area contributed by atoms with Gasteiger partial charge >= 0.3 is 8.80 Å². The number of aliphatic imine (C=N–C) groups is 1. The fourth-order valence-corrected chi connectivity index (χ4v) is 4.04. The minimum atomic E-state index is -2.97. The lowest BCUT2D eigenvalue weighted by molar-refractivity contribution is 0.0509. The van der Waals surface area contributed by atoms with E-state index in [1.807, 2.05) is 20.8 Å². The predicted molar refractivity (Wildman–Crippen MR) is 62.8 cm³/mol. The SMILES string of the molecule is CCO[Si](OCC)(OCC)C(C)(C)N=C=O. The maximum absolute atomic E-state index is 10.4. The van der Waals surface area contributed by atoms with Crippen LogP contribution in [0, 0.1) is 0 Å². The summed E-state index contributed by atoms with van der Waals surface area (Å²) in [4.78, 5) is 14.2. The van der Waals surface area contributed by atoms with Gasteiger partial charge in [0.2, 0.25) is 6.08 Å². The summed E-state index contributed by atoms with van der Waals surface area (Å²) in [5.74, 6) is 0. The second-order valence-electron chi connectivity index (χ2n) is 3.62. The molecule has 0 bridgehead atoms. The van der Waals surface area contributed by atoms with Crippen molar-refractivity contribution in [3.05, 3.63) is 0 Å². The normalized spacial score (nSPS) is 12.3. The maximum Gasteiger partial charge on any atom is 0.530 e. The molecule has 0 saturated carbocycles. The molecule has 0 aromatic rings. The van der Waals surface area contributed by atoms with E-state index in [1.54, 1.807) is 19.9 Å². The Hall–Kier alpha value is -0.523. The molecule has 0 fully saturated rings. The number of hydrogen-bond donors (Lipinski definition) is 0. The van der Waals surface area contributed by atoms with E-state index < -0.39 is 14.0 Å². The van der Waals surface area contributed by atoms with Crippen LogP contribution in [0.3, 0.4) is 0 Å². The summed E-state index contributed by atoms with van der Waals surface area (Å²) in [6.45, 7) is 10.5. The summed E-state index contributed by atoms with van der Waals surface area (Å²) in [5, 5.41) is -0.809. The largest absolute Gasteiger partial charge is 0.530 e. The molecule has 16 heavy (non-hydrogen) atoms. The summed E-state index contributed by atoms with van der Waals surface area (Å²) in [5.41, 5.74) is 0. The first-order valence-corrected chi connectivity index (χ1v) is 7.23. The second-order valence-corrected chi connectivity index (χ2v) is 6.82. The van der Waals surface area contributed by atoms with E-state index in [0.717, 1.165) is 0 Å². The van der Waals surface area contributed by atoms with E-state index in [9.17, 15) is 4.79 Å². The predicted octanol–water partition coefficient (Wildman–Crippen LogP) is 1.69. The van der Waals surface area contributed by atoms with E-state index in [0.29, 0.717) is 19.8 Å². The van der Waals surface area contributed by atoms with Gasteiger partial charge in [0.15, 0.2) is 0 Å². The van der Waals surface area contributed by atoms with Gasteiger partial charge in [-0.05, 0) is 34.6 Å². The van der Waals surface area contributed by atoms with E-state index in [-0.39, 0.29) is 0 Å². The van der Waals surface area contributed by atoms with Crippen LogP contribution in [0.5, 0.6) is 0 Å². The second kappa shape index (κ2) is 6.93. The number of rotatable bonds is 8. The van der Waals surface area contributed by atoms with E-state index in [1.165, 1.54) is 0 Å². The molecule has 0 amide bonds. The highest BCUT2D eigenvalue weighted by Gasteiger charge is 2.56. The lowest BCUT2D eigenvalue weighted by Crippen LogP contribution is -2.61. The molecule has 0 aliphatic heterocycles. The van der Waals surface area contributed by atoms with Crippen molar-refractivity contribution in [2.24, 2.45) is 4.99 Å². The fourth-order valence-electron chi connectivity index (χ4n) is 1.41. The minimum absolute atomic E-state index is 0.462. The van der Waals surface area contributed by atoms with Crippen molar-refractivity contribution in [3.8, 4) is 0 Å². The Morgan fingerprint density at radius 2 is 1.44 bits per heavy atom. The van der Waals surface area contributed by atoms with Crippen molar-refractivity contribution in [2.75, 3.05) is 19.8 Å². The van der Waals surface area contributed by atoms with Crippen LogP contribution in [0.15, 0.2) is 4.99 Å². The number of isocyanates is 1. The van der Waals surface area contributed by atoms with Gasteiger partial charge < -0.3 is 13.3 Å². The molecule has 0 aliphatic carbocycles. The zero-order valence-electron chi connectivity index (χ0n) is 10.7. The van der Waals surface area contributed by atoms with Gasteiger partial charge in [-0.25, -0.2) is 4.79 Å². The van der Waals surface area contributed by atoms with Crippen LogP contribution in [0.2, 0.25) is 0 Å². The average Bonchev–Trinajstić information content (AvgIpc) is 2.18. The number of nitrogens with zero attached hydrogens (tertiary/aromatic N) is 1. The van der Waals surface area contributed by atoms with Crippen LogP contribution in [0.25, 0.3) is 0 Å². The Kier molecular flexibility index (Phi) is 6.70. The Labute approximate surface area is 98.2 Å². The topological polar surface area (TPSA) is 57.1 Å². The average molecular weight is 247 g/mol. The molecule has 0 aromatic heterocycles. The third kappa shape index (κ3) is 3.50. The molecule has 0 unspecified atom stereocenters. The zero-order valence-corrected chi connectivity index (χ0v) is 11.7. The van der Waals surface area contributed by atoms with Crippen molar-refractivity contribution < 1.29 is 18.1 Å². The van der Waals surface area contributed by atoms with Crippen molar-refractivity contribution in [1.29, 1.82) is 0 Å². The highest BCUT2D eigenvalue weighted by molar-refractivity contribution is 6.64. The van der Waals surface area contributed by atoms with Gasteiger partial charge in [0.25, 0.3) is 0 Å².